The smallest absolute Gasteiger partial charge is 0.267 e. The third-order valence-corrected chi connectivity index (χ3v) is 5.47. The van der Waals surface area contributed by atoms with E-state index < -0.39 is 10.0 Å². The van der Waals surface area contributed by atoms with Gasteiger partial charge in [0.25, 0.3) is 10.0 Å². The first-order chi connectivity index (χ1) is 9.87. The molecule has 2 aromatic rings. The number of anilines is 2. The first-order valence-electron chi connectivity index (χ1n) is 6.05. The van der Waals surface area contributed by atoms with Crippen LogP contribution in [-0.2, 0) is 10.0 Å². The van der Waals surface area contributed by atoms with Gasteiger partial charge in [0.05, 0.1) is 16.4 Å². The number of sulfonamides is 1. The topological polar surface area (TPSA) is 76.3 Å². The van der Waals surface area contributed by atoms with Gasteiger partial charge in [-0.05, 0) is 31.2 Å². The Kier molecular flexibility index (Phi) is 4.61. The van der Waals surface area contributed by atoms with Gasteiger partial charge in [-0.15, -0.1) is 0 Å². The summed E-state index contributed by atoms with van der Waals surface area (Å²) in [5, 5.41) is 0.274. The molecule has 0 aliphatic carbocycles. The number of nitrogens with zero attached hydrogens (tertiary/aromatic N) is 2. The SMILES string of the molecule is CCN(c1ccncc1)S(=O)(=O)c1c(N)cc(Cl)cc1Cl. The van der Waals surface area contributed by atoms with E-state index in [9.17, 15) is 8.42 Å². The molecular weight excluding hydrogens is 333 g/mol. The lowest BCUT2D eigenvalue weighted by molar-refractivity contribution is 0.592. The number of aromatic nitrogens is 1. The second-order valence-electron chi connectivity index (χ2n) is 4.18. The summed E-state index contributed by atoms with van der Waals surface area (Å²) in [5.74, 6) is 0. The molecule has 0 atom stereocenters. The maximum atomic E-state index is 12.8. The minimum atomic E-state index is -3.89. The Morgan fingerprint density at radius 3 is 2.38 bits per heavy atom. The van der Waals surface area contributed by atoms with Crippen LogP contribution in [0.3, 0.4) is 0 Å². The maximum Gasteiger partial charge on any atom is 0.267 e. The van der Waals surface area contributed by atoms with E-state index in [0.717, 1.165) is 0 Å². The van der Waals surface area contributed by atoms with Gasteiger partial charge < -0.3 is 5.73 Å². The van der Waals surface area contributed by atoms with E-state index in [-0.39, 0.29) is 27.2 Å². The van der Waals surface area contributed by atoms with Gasteiger partial charge >= 0.3 is 0 Å². The lowest BCUT2D eigenvalue weighted by Gasteiger charge is -2.24. The number of hydrogen-bond acceptors (Lipinski definition) is 4. The van der Waals surface area contributed by atoms with Gasteiger partial charge in [0, 0.05) is 24.0 Å². The molecule has 5 nitrogen and oxygen atoms in total. The molecule has 2 N–H and O–H groups in total. The molecule has 1 aromatic carbocycles. The van der Waals surface area contributed by atoms with E-state index in [1.165, 1.54) is 28.8 Å². The predicted octanol–water partition coefficient (Wildman–Crippen LogP) is 3.19. The molecule has 0 bridgehead atoms. The van der Waals surface area contributed by atoms with Gasteiger partial charge in [-0.2, -0.15) is 0 Å². The third-order valence-electron chi connectivity index (χ3n) is 2.82. The van der Waals surface area contributed by atoms with E-state index in [0.29, 0.717) is 5.69 Å². The van der Waals surface area contributed by atoms with Crippen LogP contribution in [0.4, 0.5) is 11.4 Å². The highest BCUT2D eigenvalue weighted by Gasteiger charge is 2.28. The van der Waals surface area contributed by atoms with Crippen LogP contribution in [0.15, 0.2) is 41.6 Å². The largest absolute Gasteiger partial charge is 0.398 e. The first-order valence-corrected chi connectivity index (χ1v) is 8.24. The molecule has 0 unspecified atom stereocenters. The predicted molar refractivity (Wildman–Crippen MR) is 85.3 cm³/mol. The van der Waals surface area contributed by atoms with Crippen molar-refractivity contribution in [3.05, 3.63) is 46.7 Å². The molecule has 0 radical (unpaired) electrons. The van der Waals surface area contributed by atoms with Crippen LogP contribution in [0.1, 0.15) is 6.92 Å². The molecule has 1 heterocycles. The van der Waals surface area contributed by atoms with Gasteiger partial charge in [-0.3, -0.25) is 9.29 Å². The quantitative estimate of drug-likeness (QED) is 0.863. The first kappa shape index (κ1) is 15.9. The fraction of sp³-hybridized carbons (Fsp3) is 0.154. The van der Waals surface area contributed by atoms with Gasteiger partial charge in [-0.25, -0.2) is 8.42 Å². The summed E-state index contributed by atoms with van der Waals surface area (Å²) in [4.78, 5) is 3.73. The van der Waals surface area contributed by atoms with Crippen LogP contribution in [0, 0.1) is 0 Å². The molecule has 1 aromatic heterocycles. The zero-order valence-corrected chi connectivity index (χ0v) is 13.5. The molecule has 8 heteroatoms. The van der Waals surface area contributed by atoms with Crippen molar-refractivity contribution in [2.75, 3.05) is 16.6 Å². The van der Waals surface area contributed by atoms with Gasteiger partial charge in [-0.1, -0.05) is 23.2 Å². The van der Waals surface area contributed by atoms with E-state index >= 15 is 0 Å². The fourth-order valence-electron chi connectivity index (χ4n) is 1.96. The highest BCUT2D eigenvalue weighted by atomic mass is 35.5. The van der Waals surface area contributed by atoms with Crippen molar-refractivity contribution in [2.45, 2.75) is 11.8 Å². The van der Waals surface area contributed by atoms with Crippen LogP contribution in [0.5, 0.6) is 0 Å². The van der Waals surface area contributed by atoms with Crippen LogP contribution in [0.2, 0.25) is 10.0 Å². The molecule has 112 valence electrons. The summed E-state index contributed by atoms with van der Waals surface area (Å²) >= 11 is 11.8. The molecule has 0 amide bonds. The summed E-state index contributed by atoms with van der Waals surface area (Å²) in [6.45, 7) is 1.95. The van der Waals surface area contributed by atoms with Crippen molar-refractivity contribution in [3.63, 3.8) is 0 Å². The van der Waals surface area contributed by atoms with Crippen LogP contribution in [-0.4, -0.2) is 19.9 Å². The van der Waals surface area contributed by atoms with Crippen LogP contribution in [0.25, 0.3) is 0 Å². The van der Waals surface area contributed by atoms with Crippen LogP contribution < -0.4 is 10.0 Å². The Bertz CT molecular complexity index is 728. The average Bonchev–Trinajstić information content (AvgIpc) is 2.38. The number of halogens is 2. The zero-order chi connectivity index (χ0) is 15.6. The standard InChI is InChI=1S/C13H13Cl2N3O2S/c1-2-18(10-3-5-17-6-4-10)21(19,20)13-11(15)7-9(14)8-12(13)16/h3-8H,2,16H2,1H3. The van der Waals surface area contributed by atoms with Crippen molar-refractivity contribution < 1.29 is 8.42 Å². The third kappa shape index (κ3) is 3.07. The lowest BCUT2D eigenvalue weighted by Crippen LogP contribution is -2.31. The Morgan fingerprint density at radius 2 is 1.86 bits per heavy atom. The summed E-state index contributed by atoms with van der Waals surface area (Å²) < 4.78 is 26.8. The highest BCUT2D eigenvalue weighted by Crippen LogP contribution is 2.34. The minimum Gasteiger partial charge on any atom is -0.398 e. The summed E-state index contributed by atoms with van der Waals surface area (Å²) in [7, 11) is -3.89. The second-order valence-corrected chi connectivity index (χ2v) is 6.82. The normalized spacial score (nSPS) is 11.4. The summed E-state index contributed by atoms with van der Waals surface area (Å²) in [6.07, 6.45) is 3.03. The monoisotopic (exact) mass is 345 g/mol. The molecule has 21 heavy (non-hydrogen) atoms. The number of nitrogen functional groups attached to an aromatic ring is 1. The average molecular weight is 346 g/mol. The van der Waals surface area contributed by atoms with E-state index in [1.807, 2.05) is 0 Å². The van der Waals surface area contributed by atoms with Crippen molar-refractivity contribution in [3.8, 4) is 0 Å². The van der Waals surface area contributed by atoms with Crippen molar-refractivity contribution in [2.24, 2.45) is 0 Å². The Balaban J connectivity index is 2.61. The minimum absolute atomic E-state index is 0.00694. The van der Waals surface area contributed by atoms with Gasteiger partial charge in [0.15, 0.2) is 0 Å². The summed E-state index contributed by atoms with van der Waals surface area (Å²) in [6, 6.07) is 5.91. The molecule has 0 saturated carbocycles. The van der Waals surface area contributed by atoms with Gasteiger partial charge in [0.2, 0.25) is 0 Å². The molecule has 0 aliphatic heterocycles. The van der Waals surface area contributed by atoms with E-state index in [4.69, 9.17) is 28.9 Å². The Labute approximate surface area is 133 Å². The van der Waals surface area contributed by atoms with Gasteiger partial charge in [0.1, 0.15) is 4.90 Å². The zero-order valence-electron chi connectivity index (χ0n) is 11.1. The van der Waals surface area contributed by atoms with Crippen molar-refractivity contribution in [1.29, 1.82) is 0 Å². The van der Waals surface area contributed by atoms with E-state index in [2.05, 4.69) is 4.98 Å². The lowest BCUT2D eigenvalue weighted by atomic mass is 10.3. The fourth-order valence-corrected chi connectivity index (χ4v) is 4.39. The number of nitrogens with two attached hydrogens (primary N) is 1. The molecule has 0 aliphatic rings. The molecule has 0 saturated heterocycles. The van der Waals surface area contributed by atoms with Crippen molar-refractivity contribution >= 4 is 44.6 Å². The molecule has 0 fully saturated rings. The number of benzene rings is 1. The highest BCUT2D eigenvalue weighted by molar-refractivity contribution is 7.93. The van der Waals surface area contributed by atoms with E-state index in [1.54, 1.807) is 19.1 Å². The summed E-state index contributed by atoms with van der Waals surface area (Å²) in [5.41, 5.74) is 6.29. The maximum absolute atomic E-state index is 12.8. The molecule has 2 rings (SSSR count). The molecular formula is C13H13Cl2N3O2S. The number of pyridine rings is 1. The molecule has 0 spiro atoms. The second kappa shape index (κ2) is 6.09. The number of rotatable bonds is 4. The Hall–Kier alpha value is -1.50. The van der Waals surface area contributed by atoms with Crippen molar-refractivity contribution in [1.82, 2.24) is 4.98 Å². The van der Waals surface area contributed by atoms with Crippen LogP contribution >= 0.6 is 23.2 Å². The number of hydrogen-bond donors (Lipinski definition) is 1. The Morgan fingerprint density at radius 1 is 1.24 bits per heavy atom.